The van der Waals surface area contributed by atoms with Crippen LogP contribution in [0.5, 0.6) is 11.5 Å². The molecule has 10 rings (SSSR count). The fourth-order valence-electron chi connectivity index (χ4n) is 11.1. The molecule has 4 aliphatic rings. The number of amides is 2. The quantitative estimate of drug-likeness (QED) is 0.0561. The molecule has 4 heterocycles. The summed E-state index contributed by atoms with van der Waals surface area (Å²) in [5.41, 5.74) is -0.766. The van der Waals surface area contributed by atoms with E-state index in [9.17, 15) is 46.0 Å². The number of sulfone groups is 1. The largest absolute Gasteiger partial charge is 0.483 e. The van der Waals surface area contributed by atoms with Gasteiger partial charge in [-0.25, -0.2) is 17.2 Å². The third-order valence-electron chi connectivity index (χ3n) is 15.8. The Morgan fingerprint density at radius 1 is 0.617 bits per heavy atom. The number of ether oxygens (including phenoxy) is 2. The number of rotatable bonds is 19. The SMILES string of the molecule is CC(C)N1C[C@]2(C[C@H]2CCl)n2cc(C(=O)CCc3cccc(Cl)c3F)c(=O)c(OCc3ccccc3)c2C1=O.CC(C)N1C[C@]2(C[C@H]2CS(C)(=O)=O)n2cc(C(=O)CCc3cccc(Cl)c3F)c(=O)c(OCc3ccccc3)c2C1=O. The van der Waals surface area contributed by atoms with Crippen LogP contribution in [0, 0.1) is 23.5 Å². The third-order valence-corrected chi connectivity index (χ3v) is 17.8. The second-order valence-corrected chi connectivity index (χ2v) is 25.3. The summed E-state index contributed by atoms with van der Waals surface area (Å²) in [6.45, 7) is 8.24. The number of alkyl halides is 1. The number of aryl methyl sites for hydroxylation is 2. The number of hydrogen-bond acceptors (Lipinski definition) is 10. The number of carbonyl (C=O) groups is 4. The van der Waals surface area contributed by atoms with Crippen LogP contribution < -0.4 is 20.3 Å². The third kappa shape index (κ3) is 12.0. The maximum atomic E-state index is 14.5. The molecule has 0 N–H and O–H groups in total. The molecule has 0 radical (unpaired) electrons. The van der Waals surface area contributed by atoms with E-state index in [0.717, 1.165) is 17.4 Å². The predicted octanol–water partition coefficient (Wildman–Crippen LogP) is 10.5. The van der Waals surface area contributed by atoms with Crippen molar-refractivity contribution in [2.75, 3.05) is 31.0 Å². The first-order valence-electron chi connectivity index (χ1n) is 26.7. The molecule has 2 amide bonds. The molecule has 2 saturated carbocycles. The second kappa shape index (κ2) is 23.7. The molecule has 81 heavy (non-hydrogen) atoms. The summed E-state index contributed by atoms with van der Waals surface area (Å²) in [6, 6.07) is 27.2. The number of aromatic nitrogens is 2. The summed E-state index contributed by atoms with van der Waals surface area (Å²) < 4.78 is 68.9. The Hall–Kier alpha value is -6.66. The van der Waals surface area contributed by atoms with Gasteiger partial charge in [-0.05, 0) is 87.8 Å². The Morgan fingerprint density at radius 3 is 1.38 bits per heavy atom. The van der Waals surface area contributed by atoms with Crippen LogP contribution in [-0.4, -0.2) is 93.8 Å². The van der Waals surface area contributed by atoms with Crippen molar-refractivity contribution in [1.82, 2.24) is 18.9 Å². The van der Waals surface area contributed by atoms with E-state index in [1.165, 1.54) is 30.6 Å². The maximum Gasteiger partial charge on any atom is 0.274 e. The van der Waals surface area contributed by atoms with Crippen molar-refractivity contribution in [2.24, 2.45) is 11.8 Å². The number of ketones is 2. The highest BCUT2D eigenvalue weighted by Crippen LogP contribution is 2.56. The lowest BCUT2D eigenvalue weighted by atomic mass is 9.99. The Bertz CT molecular complexity index is 3690. The summed E-state index contributed by atoms with van der Waals surface area (Å²) in [5, 5.41) is -0.0902. The molecule has 4 aromatic carbocycles. The molecule has 20 heteroatoms. The number of hydrogen-bond donors (Lipinski definition) is 0. The van der Waals surface area contributed by atoms with Gasteiger partial charge in [0.1, 0.15) is 34.7 Å². The first-order chi connectivity index (χ1) is 38.5. The number of carbonyl (C=O) groups excluding carboxylic acids is 4. The van der Waals surface area contributed by atoms with Gasteiger partial charge in [-0.2, -0.15) is 0 Å². The zero-order valence-corrected chi connectivity index (χ0v) is 48.4. The molecule has 14 nitrogen and oxygen atoms in total. The van der Waals surface area contributed by atoms with Crippen molar-refractivity contribution >= 4 is 68.0 Å². The molecule has 2 spiro atoms. The van der Waals surface area contributed by atoms with E-state index in [-0.39, 0.29) is 136 Å². The molecule has 2 aromatic heterocycles. The van der Waals surface area contributed by atoms with Crippen LogP contribution in [0.3, 0.4) is 0 Å². The van der Waals surface area contributed by atoms with E-state index in [1.807, 2.05) is 88.4 Å². The van der Waals surface area contributed by atoms with Crippen molar-refractivity contribution in [1.29, 1.82) is 0 Å². The minimum Gasteiger partial charge on any atom is -0.483 e. The lowest BCUT2D eigenvalue weighted by Gasteiger charge is -2.40. The fourth-order valence-corrected chi connectivity index (χ4v) is 13.1. The average molecular weight is 1190 g/mol. The number of nitrogens with zero attached hydrogens (tertiary/aromatic N) is 4. The van der Waals surface area contributed by atoms with Crippen LogP contribution >= 0.6 is 34.8 Å². The molecule has 0 unspecified atom stereocenters. The molecular weight excluding hydrogens is 1130 g/mol. The molecule has 0 saturated heterocycles. The maximum absolute atomic E-state index is 14.5. The summed E-state index contributed by atoms with van der Waals surface area (Å²) in [5.74, 6) is -3.34. The van der Waals surface area contributed by atoms with Gasteiger partial charge in [0, 0.05) is 74.4 Å². The van der Waals surface area contributed by atoms with E-state index < -0.39 is 60.9 Å². The van der Waals surface area contributed by atoms with Crippen LogP contribution in [0.1, 0.15) is 117 Å². The predicted molar refractivity (Wildman–Crippen MR) is 306 cm³/mol. The summed E-state index contributed by atoms with van der Waals surface area (Å²) >= 11 is 18.1. The standard InChI is InChI=1S/C31H32ClFN2O6S.C30H29Cl2FN2O4/c1-19(2)34-18-31(14-22(31)17-42(3,39)40)35-15-23(25(36)13-12-21-10-7-11-24(32)26(21)33)28(37)29(27(35)30(34)38)41-16-20-8-5-4-6-9-20;1-18(2)34-17-30(13-21(30)14-31)35-15-22(24(36)12-11-20-9-6-10-23(32)25(20)33)27(37)28(26(35)29(34)38)39-16-19-7-4-3-5-8-19/h4-11,15,19,22H,12-14,16-18H2,1-3H3;3-10,15,18,21H,11-14,16-17H2,1-2H3/t22-,31-;21-,30-/m00/s1. The van der Waals surface area contributed by atoms with Gasteiger partial charge in [0.2, 0.25) is 10.9 Å². The lowest BCUT2D eigenvalue weighted by molar-refractivity contribution is 0.0556. The number of halogens is 5. The van der Waals surface area contributed by atoms with E-state index in [2.05, 4.69) is 0 Å². The smallest absolute Gasteiger partial charge is 0.274 e. The molecule has 2 aliphatic heterocycles. The zero-order chi connectivity index (χ0) is 58.3. The number of pyridine rings is 2. The molecule has 4 atom stereocenters. The van der Waals surface area contributed by atoms with Gasteiger partial charge >= 0.3 is 0 Å². The first-order valence-corrected chi connectivity index (χ1v) is 30.1. The molecule has 2 aliphatic carbocycles. The average Bonchev–Trinajstić information content (AvgIpc) is 4.37. The van der Waals surface area contributed by atoms with Crippen molar-refractivity contribution in [3.05, 3.63) is 196 Å². The first kappa shape index (κ1) is 59.0. The van der Waals surface area contributed by atoms with Gasteiger partial charge in [-0.3, -0.25) is 28.8 Å². The highest BCUT2D eigenvalue weighted by molar-refractivity contribution is 7.90. The number of benzene rings is 4. The van der Waals surface area contributed by atoms with E-state index >= 15 is 0 Å². The van der Waals surface area contributed by atoms with Gasteiger partial charge in [0.25, 0.3) is 11.8 Å². The van der Waals surface area contributed by atoms with E-state index in [1.54, 1.807) is 37.1 Å². The summed E-state index contributed by atoms with van der Waals surface area (Å²) in [7, 11) is -3.35. The van der Waals surface area contributed by atoms with Crippen molar-refractivity contribution in [2.45, 2.75) is 103 Å². The zero-order valence-electron chi connectivity index (χ0n) is 45.4. The van der Waals surface area contributed by atoms with Crippen molar-refractivity contribution < 1.29 is 45.9 Å². The molecule has 0 bridgehead atoms. The Kier molecular flexibility index (Phi) is 17.2. The lowest BCUT2D eigenvalue weighted by Crippen LogP contribution is -2.52. The molecule has 6 aromatic rings. The van der Waals surface area contributed by atoms with E-state index in [0.29, 0.717) is 25.3 Å². The number of Topliss-reactive ketones (excluding diaryl/α,β-unsaturated/α-hetero) is 2. The Labute approximate surface area is 483 Å². The highest BCUT2D eigenvalue weighted by Gasteiger charge is 2.62. The van der Waals surface area contributed by atoms with Crippen LogP contribution in [0.15, 0.2) is 119 Å². The molecular formula is C61H61Cl3F2N4O10S. The van der Waals surface area contributed by atoms with Crippen molar-refractivity contribution in [3.8, 4) is 11.5 Å². The monoisotopic (exact) mass is 1180 g/mol. The van der Waals surface area contributed by atoms with Gasteiger partial charge in [0.15, 0.2) is 34.5 Å². The van der Waals surface area contributed by atoms with Gasteiger partial charge in [0.05, 0.1) is 38.0 Å². The summed E-state index contributed by atoms with van der Waals surface area (Å²) in [4.78, 5) is 85.6. The van der Waals surface area contributed by atoms with Gasteiger partial charge < -0.3 is 28.4 Å². The highest BCUT2D eigenvalue weighted by atomic mass is 35.5. The fraction of sp³-hybridized carbons (Fsp3) is 0.377. The van der Waals surface area contributed by atoms with E-state index in [4.69, 9.17) is 44.3 Å². The van der Waals surface area contributed by atoms with Crippen molar-refractivity contribution in [3.63, 3.8) is 0 Å². The minimum absolute atomic E-state index is 0.00400. The molecule has 426 valence electrons. The number of fused-ring (bicyclic) bond motifs is 4. The summed E-state index contributed by atoms with van der Waals surface area (Å²) in [6.07, 6.45) is 4.98. The van der Waals surface area contributed by atoms with Crippen LogP contribution in [0.25, 0.3) is 0 Å². The Morgan fingerprint density at radius 2 is 1.01 bits per heavy atom. The molecule has 2 fully saturated rings. The second-order valence-electron chi connectivity index (χ2n) is 22.0. The minimum atomic E-state index is -3.35. The van der Waals surface area contributed by atoms with Gasteiger partial charge in [-0.1, -0.05) is 108 Å². The normalized spacial score (nSPS) is 19.8. The van der Waals surface area contributed by atoms with Crippen LogP contribution in [0.4, 0.5) is 8.78 Å². The van der Waals surface area contributed by atoms with Crippen LogP contribution in [-0.2, 0) is 47.0 Å². The van der Waals surface area contributed by atoms with Crippen LogP contribution in [0.2, 0.25) is 10.0 Å². The van der Waals surface area contributed by atoms with Gasteiger partial charge in [-0.15, -0.1) is 11.6 Å². The Balaban J connectivity index is 0.000000196. The topological polar surface area (TPSA) is 171 Å².